The quantitative estimate of drug-likeness (QED) is 0.933. The van der Waals surface area contributed by atoms with Gasteiger partial charge in [-0.1, -0.05) is 28.9 Å². The summed E-state index contributed by atoms with van der Waals surface area (Å²) >= 11 is 5.81. The minimum Gasteiger partial charge on any atom is -0.364 e. The third kappa shape index (κ3) is 2.79. The molecule has 98 valence electrons. The Kier molecular flexibility index (Phi) is 3.25. The molecule has 0 radical (unpaired) electrons. The lowest BCUT2D eigenvalue weighted by Crippen LogP contribution is -2.23. The van der Waals surface area contributed by atoms with E-state index in [9.17, 15) is 4.79 Å². The summed E-state index contributed by atoms with van der Waals surface area (Å²) in [6.45, 7) is 0.464. The van der Waals surface area contributed by atoms with Crippen LogP contribution in [0.3, 0.4) is 0 Å². The first kappa shape index (κ1) is 12.2. The van der Waals surface area contributed by atoms with E-state index >= 15 is 0 Å². The molecular weight excluding hydrogens is 264 g/mol. The zero-order valence-electron chi connectivity index (χ0n) is 10.2. The lowest BCUT2D eigenvalue weighted by atomic mass is 10.1. The van der Waals surface area contributed by atoms with Gasteiger partial charge in [0.05, 0.1) is 5.69 Å². The highest BCUT2D eigenvalue weighted by Crippen LogP contribution is 2.40. The molecule has 1 aromatic carbocycles. The van der Waals surface area contributed by atoms with Gasteiger partial charge in [0.15, 0.2) is 0 Å². The number of nitrogens with zero attached hydrogens (tertiary/aromatic N) is 1. The highest BCUT2D eigenvalue weighted by atomic mass is 35.5. The maximum absolute atomic E-state index is 12.1. The van der Waals surface area contributed by atoms with E-state index in [4.69, 9.17) is 16.1 Å². The number of halogens is 1. The number of nitrogens with one attached hydrogen (secondary N) is 1. The molecule has 1 heterocycles. The zero-order valence-corrected chi connectivity index (χ0v) is 11.0. The second-order valence-electron chi connectivity index (χ2n) is 4.70. The van der Waals surface area contributed by atoms with Gasteiger partial charge < -0.3 is 9.84 Å². The highest BCUT2D eigenvalue weighted by Gasteiger charge is 2.31. The van der Waals surface area contributed by atoms with Crippen LogP contribution in [0, 0.1) is 0 Å². The largest absolute Gasteiger partial charge is 0.364 e. The molecule has 0 spiro atoms. The average molecular weight is 277 g/mol. The molecule has 1 aliphatic rings. The number of carbonyl (C=O) groups excluding carboxylic acids is 1. The molecule has 1 amide bonds. The lowest BCUT2D eigenvalue weighted by Gasteiger charge is -2.04. The van der Waals surface area contributed by atoms with Crippen molar-refractivity contribution in [1.82, 2.24) is 10.5 Å². The van der Waals surface area contributed by atoms with E-state index in [2.05, 4.69) is 10.5 Å². The van der Waals surface area contributed by atoms with E-state index in [1.54, 1.807) is 12.1 Å². The van der Waals surface area contributed by atoms with Gasteiger partial charge in [-0.2, -0.15) is 0 Å². The number of hydrogen-bond donors (Lipinski definition) is 1. The van der Waals surface area contributed by atoms with E-state index < -0.39 is 0 Å². The summed E-state index contributed by atoms with van der Waals surface area (Å²) in [7, 11) is 0. The van der Waals surface area contributed by atoms with Gasteiger partial charge in [0.1, 0.15) is 11.8 Å². The molecule has 1 aliphatic carbocycles. The number of benzene rings is 1. The summed E-state index contributed by atoms with van der Waals surface area (Å²) in [6, 6.07) is 7.38. The van der Waals surface area contributed by atoms with Crippen LogP contribution >= 0.6 is 11.6 Å². The summed E-state index contributed by atoms with van der Waals surface area (Å²) in [5.41, 5.74) is 2.34. The molecule has 1 saturated carbocycles. The van der Waals surface area contributed by atoms with Crippen molar-refractivity contribution >= 4 is 17.5 Å². The predicted octanol–water partition coefficient (Wildman–Crippen LogP) is 3.14. The molecule has 0 unspecified atom stereocenters. The third-order valence-corrected chi connectivity index (χ3v) is 3.42. The van der Waals surface area contributed by atoms with Gasteiger partial charge in [-0.3, -0.25) is 4.79 Å². The van der Waals surface area contributed by atoms with E-state index in [1.807, 2.05) is 12.1 Å². The molecule has 0 atom stereocenters. The van der Waals surface area contributed by atoms with Crippen molar-refractivity contribution in [2.45, 2.75) is 25.3 Å². The van der Waals surface area contributed by atoms with Crippen LogP contribution in [0.2, 0.25) is 5.02 Å². The number of aromatic nitrogens is 1. The summed E-state index contributed by atoms with van der Waals surface area (Å²) in [6.07, 6.45) is 3.60. The van der Waals surface area contributed by atoms with Crippen LogP contribution in [0.4, 0.5) is 0 Å². The smallest absolute Gasteiger partial charge is 0.256 e. The Labute approximate surface area is 115 Å². The van der Waals surface area contributed by atoms with Crippen LogP contribution in [0.15, 0.2) is 35.1 Å². The Morgan fingerprint density at radius 2 is 2.11 bits per heavy atom. The monoisotopic (exact) mass is 276 g/mol. The molecule has 1 N–H and O–H groups in total. The summed E-state index contributed by atoms with van der Waals surface area (Å²) in [5.74, 6) is 0.258. The Morgan fingerprint density at radius 1 is 1.37 bits per heavy atom. The first-order chi connectivity index (χ1) is 9.24. The molecule has 1 fully saturated rings. The lowest BCUT2D eigenvalue weighted by molar-refractivity contribution is 0.0949. The number of hydrogen-bond acceptors (Lipinski definition) is 3. The fourth-order valence-corrected chi connectivity index (χ4v) is 2.07. The molecule has 1 aromatic heterocycles. The average Bonchev–Trinajstić information content (AvgIpc) is 3.15. The van der Waals surface area contributed by atoms with Crippen molar-refractivity contribution in [3.8, 4) is 0 Å². The topological polar surface area (TPSA) is 55.1 Å². The Bertz CT molecular complexity index is 588. The molecule has 0 saturated heterocycles. The molecule has 3 rings (SSSR count). The Morgan fingerprint density at radius 3 is 2.79 bits per heavy atom. The molecule has 0 aliphatic heterocycles. The standard InChI is InChI=1S/C14H13ClN2O2/c15-11-5-1-9(2-6-11)7-16-14(18)12-8-19-17-13(12)10-3-4-10/h1-2,5-6,8,10H,3-4,7H2,(H,16,18). The van der Waals surface area contributed by atoms with Crippen LogP contribution in [-0.4, -0.2) is 11.1 Å². The van der Waals surface area contributed by atoms with Crippen molar-refractivity contribution in [3.05, 3.63) is 52.4 Å². The first-order valence-electron chi connectivity index (χ1n) is 6.21. The molecule has 19 heavy (non-hydrogen) atoms. The van der Waals surface area contributed by atoms with Crippen molar-refractivity contribution in [2.24, 2.45) is 0 Å². The maximum atomic E-state index is 12.1. The zero-order chi connectivity index (χ0) is 13.2. The van der Waals surface area contributed by atoms with E-state index in [1.165, 1.54) is 6.26 Å². The number of amides is 1. The van der Waals surface area contributed by atoms with Crippen LogP contribution < -0.4 is 5.32 Å². The normalized spacial score (nSPS) is 14.4. The van der Waals surface area contributed by atoms with Crippen LogP contribution in [-0.2, 0) is 6.54 Å². The second kappa shape index (κ2) is 5.05. The van der Waals surface area contributed by atoms with Gasteiger partial charge in [-0.15, -0.1) is 0 Å². The van der Waals surface area contributed by atoms with Crippen LogP contribution in [0.25, 0.3) is 0 Å². The maximum Gasteiger partial charge on any atom is 0.256 e. The van der Waals surface area contributed by atoms with E-state index in [0.717, 1.165) is 24.1 Å². The molecule has 2 aromatic rings. The van der Waals surface area contributed by atoms with Crippen molar-refractivity contribution in [2.75, 3.05) is 0 Å². The Hall–Kier alpha value is -1.81. The van der Waals surface area contributed by atoms with Crippen LogP contribution in [0.5, 0.6) is 0 Å². The second-order valence-corrected chi connectivity index (χ2v) is 5.13. The van der Waals surface area contributed by atoms with Gasteiger partial charge in [-0.05, 0) is 30.5 Å². The number of rotatable bonds is 4. The molecule has 4 nitrogen and oxygen atoms in total. The van der Waals surface area contributed by atoms with E-state index in [-0.39, 0.29) is 5.91 Å². The van der Waals surface area contributed by atoms with E-state index in [0.29, 0.717) is 23.0 Å². The van der Waals surface area contributed by atoms with Crippen molar-refractivity contribution in [3.63, 3.8) is 0 Å². The fourth-order valence-electron chi connectivity index (χ4n) is 1.95. The number of carbonyl (C=O) groups is 1. The highest BCUT2D eigenvalue weighted by molar-refractivity contribution is 6.30. The minimum absolute atomic E-state index is 0.141. The fraction of sp³-hybridized carbons (Fsp3) is 0.286. The predicted molar refractivity (Wildman–Crippen MR) is 71.1 cm³/mol. The van der Waals surface area contributed by atoms with Gasteiger partial charge in [0, 0.05) is 17.5 Å². The minimum atomic E-state index is -0.141. The van der Waals surface area contributed by atoms with Crippen molar-refractivity contribution in [1.29, 1.82) is 0 Å². The molecule has 5 heteroatoms. The SMILES string of the molecule is O=C(NCc1ccc(Cl)cc1)c1conc1C1CC1. The van der Waals surface area contributed by atoms with Crippen LogP contribution in [0.1, 0.15) is 40.4 Å². The summed E-state index contributed by atoms with van der Waals surface area (Å²) < 4.78 is 4.91. The third-order valence-electron chi connectivity index (χ3n) is 3.17. The summed E-state index contributed by atoms with van der Waals surface area (Å²) in [5, 5.41) is 7.46. The van der Waals surface area contributed by atoms with Crippen molar-refractivity contribution < 1.29 is 9.32 Å². The molecular formula is C14H13ClN2O2. The van der Waals surface area contributed by atoms with Gasteiger partial charge in [0.2, 0.25) is 0 Å². The Balaban J connectivity index is 1.64. The van der Waals surface area contributed by atoms with Gasteiger partial charge in [0.25, 0.3) is 5.91 Å². The molecule has 0 bridgehead atoms. The van der Waals surface area contributed by atoms with Gasteiger partial charge >= 0.3 is 0 Å². The van der Waals surface area contributed by atoms with Gasteiger partial charge in [-0.25, -0.2) is 0 Å². The summed E-state index contributed by atoms with van der Waals surface area (Å²) in [4.78, 5) is 12.1. The first-order valence-corrected chi connectivity index (χ1v) is 6.59.